The standard InChI is InChI=1S/C16H17Cl2N3O2/c1-2-23-16(22)21-13-7-6-10(8-12(13)19)9-20-14-5-3-4-11(17)15(14)18/h3-8,20H,2,9,19H2,1H3,(H,21,22). The van der Waals surface area contributed by atoms with Gasteiger partial charge < -0.3 is 15.8 Å². The molecule has 0 fully saturated rings. The number of halogens is 2. The Morgan fingerprint density at radius 2 is 2.00 bits per heavy atom. The fourth-order valence-electron chi connectivity index (χ4n) is 1.95. The molecule has 1 amide bonds. The Balaban J connectivity index is 2.03. The number of benzene rings is 2. The van der Waals surface area contributed by atoms with E-state index in [4.69, 9.17) is 33.7 Å². The molecule has 0 aliphatic carbocycles. The molecule has 5 nitrogen and oxygen atoms in total. The highest BCUT2D eigenvalue weighted by Gasteiger charge is 2.07. The van der Waals surface area contributed by atoms with E-state index in [1.807, 2.05) is 18.2 Å². The van der Waals surface area contributed by atoms with Gasteiger partial charge in [-0.15, -0.1) is 0 Å². The van der Waals surface area contributed by atoms with Gasteiger partial charge in [-0.1, -0.05) is 35.3 Å². The molecule has 7 heteroatoms. The molecule has 0 radical (unpaired) electrons. The van der Waals surface area contributed by atoms with Crippen molar-refractivity contribution in [2.24, 2.45) is 0 Å². The topological polar surface area (TPSA) is 76.4 Å². The number of anilines is 3. The van der Waals surface area contributed by atoms with Crippen molar-refractivity contribution in [1.29, 1.82) is 0 Å². The van der Waals surface area contributed by atoms with Crippen LogP contribution in [0.2, 0.25) is 10.0 Å². The largest absolute Gasteiger partial charge is 0.450 e. The van der Waals surface area contributed by atoms with Gasteiger partial charge in [-0.25, -0.2) is 4.79 Å². The minimum absolute atomic E-state index is 0.300. The van der Waals surface area contributed by atoms with Gasteiger partial charge in [0.15, 0.2) is 0 Å². The predicted molar refractivity (Wildman–Crippen MR) is 95.3 cm³/mol. The van der Waals surface area contributed by atoms with Crippen LogP contribution in [0.3, 0.4) is 0 Å². The van der Waals surface area contributed by atoms with Crippen molar-refractivity contribution in [3.05, 3.63) is 52.0 Å². The summed E-state index contributed by atoms with van der Waals surface area (Å²) in [6, 6.07) is 10.7. The number of ether oxygens (including phenoxy) is 1. The quantitative estimate of drug-likeness (QED) is 0.677. The van der Waals surface area contributed by atoms with Gasteiger partial charge in [0.1, 0.15) is 0 Å². The molecule has 122 valence electrons. The van der Waals surface area contributed by atoms with Crippen LogP contribution in [0.15, 0.2) is 36.4 Å². The number of nitrogens with one attached hydrogen (secondary N) is 2. The van der Waals surface area contributed by atoms with Crippen LogP contribution in [-0.2, 0) is 11.3 Å². The summed E-state index contributed by atoms with van der Waals surface area (Å²) in [4.78, 5) is 11.4. The Hall–Kier alpha value is -2.11. The van der Waals surface area contributed by atoms with Crippen LogP contribution in [0.5, 0.6) is 0 Å². The maximum absolute atomic E-state index is 11.4. The Labute approximate surface area is 144 Å². The molecule has 0 saturated carbocycles. The van der Waals surface area contributed by atoms with Gasteiger partial charge in [0.2, 0.25) is 0 Å². The zero-order chi connectivity index (χ0) is 16.8. The molecule has 2 rings (SSSR count). The van der Waals surface area contributed by atoms with E-state index in [1.165, 1.54) is 0 Å². The molecular weight excluding hydrogens is 337 g/mol. The molecule has 4 N–H and O–H groups in total. The van der Waals surface area contributed by atoms with E-state index in [2.05, 4.69) is 10.6 Å². The average molecular weight is 354 g/mol. The summed E-state index contributed by atoms with van der Waals surface area (Å²) in [7, 11) is 0. The molecule has 0 unspecified atom stereocenters. The molecule has 23 heavy (non-hydrogen) atoms. The number of hydrogen-bond acceptors (Lipinski definition) is 4. The number of rotatable bonds is 5. The Bertz CT molecular complexity index is 708. The molecule has 0 heterocycles. The van der Waals surface area contributed by atoms with Crippen LogP contribution in [-0.4, -0.2) is 12.7 Å². The minimum atomic E-state index is -0.532. The summed E-state index contributed by atoms with van der Waals surface area (Å²) in [5.74, 6) is 0. The summed E-state index contributed by atoms with van der Waals surface area (Å²) >= 11 is 12.1. The lowest BCUT2D eigenvalue weighted by atomic mass is 10.1. The van der Waals surface area contributed by atoms with E-state index in [0.717, 1.165) is 11.3 Å². The molecule has 0 saturated heterocycles. The lowest BCUT2D eigenvalue weighted by molar-refractivity contribution is 0.168. The van der Waals surface area contributed by atoms with Crippen molar-refractivity contribution < 1.29 is 9.53 Å². The Morgan fingerprint density at radius 3 is 2.70 bits per heavy atom. The van der Waals surface area contributed by atoms with Gasteiger partial charge in [0, 0.05) is 6.54 Å². The van der Waals surface area contributed by atoms with Crippen LogP contribution in [0.1, 0.15) is 12.5 Å². The van der Waals surface area contributed by atoms with Crippen LogP contribution in [0.25, 0.3) is 0 Å². The Morgan fingerprint density at radius 1 is 1.22 bits per heavy atom. The second kappa shape index (κ2) is 7.94. The lowest BCUT2D eigenvalue weighted by Crippen LogP contribution is -2.14. The zero-order valence-electron chi connectivity index (χ0n) is 12.5. The highest BCUT2D eigenvalue weighted by Crippen LogP contribution is 2.30. The van der Waals surface area contributed by atoms with Crippen LogP contribution in [0, 0.1) is 0 Å². The third-order valence-corrected chi connectivity index (χ3v) is 3.88. The molecule has 0 atom stereocenters. The molecule has 2 aromatic carbocycles. The van der Waals surface area contributed by atoms with Gasteiger partial charge in [-0.05, 0) is 36.8 Å². The first-order valence-electron chi connectivity index (χ1n) is 7.01. The summed E-state index contributed by atoms with van der Waals surface area (Å²) in [6.07, 6.45) is -0.532. The molecule has 0 aliphatic heterocycles. The average Bonchev–Trinajstić information content (AvgIpc) is 2.51. The van der Waals surface area contributed by atoms with E-state index in [0.29, 0.717) is 34.6 Å². The van der Waals surface area contributed by atoms with Crippen molar-refractivity contribution in [1.82, 2.24) is 0 Å². The number of nitrogen functional groups attached to an aromatic ring is 1. The van der Waals surface area contributed by atoms with Crippen LogP contribution in [0.4, 0.5) is 21.9 Å². The zero-order valence-corrected chi connectivity index (χ0v) is 14.0. The van der Waals surface area contributed by atoms with Crippen molar-refractivity contribution in [3.8, 4) is 0 Å². The number of carbonyl (C=O) groups excluding carboxylic acids is 1. The smallest absolute Gasteiger partial charge is 0.411 e. The normalized spacial score (nSPS) is 10.2. The van der Waals surface area contributed by atoms with E-state index in [1.54, 1.807) is 25.1 Å². The van der Waals surface area contributed by atoms with E-state index in [9.17, 15) is 4.79 Å². The second-order valence-corrected chi connectivity index (χ2v) is 5.51. The number of carbonyl (C=O) groups is 1. The highest BCUT2D eigenvalue weighted by atomic mass is 35.5. The highest BCUT2D eigenvalue weighted by molar-refractivity contribution is 6.43. The van der Waals surface area contributed by atoms with Gasteiger partial charge in [-0.2, -0.15) is 0 Å². The summed E-state index contributed by atoms with van der Waals surface area (Å²) in [5.41, 5.74) is 8.58. The maximum atomic E-state index is 11.4. The third kappa shape index (κ3) is 4.68. The first-order chi connectivity index (χ1) is 11.0. The van der Waals surface area contributed by atoms with Gasteiger partial charge >= 0.3 is 6.09 Å². The summed E-state index contributed by atoms with van der Waals surface area (Å²) in [5, 5.41) is 6.74. The molecule has 0 aromatic heterocycles. The molecular formula is C16H17Cl2N3O2. The molecule has 2 aromatic rings. The van der Waals surface area contributed by atoms with Crippen LogP contribution >= 0.6 is 23.2 Å². The van der Waals surface area contributed by atoms with Gasteiger partial charge in [-0.3, -0.25) is 5.32 Å². The van der Waals surface area contributed by atoms with Crippen molar-refractivity contribution in [3.63, 3.8) is 0 Å². The predicted octanol–water partition coefficient (Wildman–Crippen LogP) is 4.76. The monoisotopic (exact) mass is 353 g/mol. The summed E-state index contributed by atoms with van der Waals surface area (Å²) < 4.78 is 4.82. The summed E-state index contributed by atoms with van der Waals surface area (Å²) in [6.45, 7) is 2.55. The van der Waals surface area contributed by atoms with Crippen molar-refractivity contribution in [2.45, 2.75) is 13.5 Å². The van der Waals surface area contributed by atoms with E-state index >= 15 is 0 Å². The SMILES string of the molecule is CCOC(=O)Nc1ccc(CNc2cccc(Cl)c2Cl)cc1N. The number of nitrogens with two attached hydrogens (primary N) is 1. The fraction of sp³-hybridized carbons (Fsp3) is 0.188. The van der Waals surface area contributed by atoms with Gasteiger partial charge in [0.05, 0.1) is 33.7 Å². The van der Waals surface area contributed by atoms with Crippen molar-refractivity contribution >= 4 is 46.4 Å². The maximum Gasteiger partial charge on any atom is 0.411 e. The fourth-order valence-corrected chi connectivity index (χ4v) is 2.32. The van der Waals surface area contributed by atoms with Crippen LogP contribution < -0.4 is 16.4 Å². The molecule has 0 bridgehead atoms. The second-order valence-electron chi connectivity index (χ2n) is 4.72. The Kier molecular flexibility index (Phi) is 5.96. The number of hydrogen-bond donors (Lipinski definition) is 3. The molecule has 0 spiro atoms. The van der Waals surface area contributed by atoms with E-state index < -0.39 is 6.09 Å². The first-order valence-corrected chi connectivity index (χ1v) is 7.77. The lowest BCUT2D eigenvalue weighted by Gasteiger charge is -2.12. The van der Waals surface area contributed by atoms with Gasteiger partial charge in [0.25, 0.3) is 0 Å². The molecule has 0 aliphatic rings. The minimum Gasteiger partial charge on any atom is -0.450 e. The number of amides is 1. The van der Waals surface area contributed by atoms with E-state index in [-0.39, 0.29) is 0 Å². The first kappa shape index (κ1) is 17.2. The van der Waals surface area contributed by atoms with Crippen molar-refractivity contribution in [2.75, 3.05) is 23.0 Å². The third-order valence-electron chi connectivity index (χ3n) is 3.06.